The number of benzene rings is 2. The SMILES string of the molecule is Cc1ccnn1-c1ccc(C(=O)Nc2cccc(OCc3cn4ccccc4n3)c2)cc1. The Balaban J connectivity index is 1.24. The quantitative estimate of drug-likeness (QED) is 0.431. The lowest BCUT2D eigenvalue weighted by Gasteiger charge is -2.09. The predicted molar refractivity (Wildman–Crippen MR) is 122 cm³/mol. The molecule has 0 saturated carbocycles. The number of hydrogen-bond donors (Lipinski definition) is 1. The molecule has 158 valence electrons. The number of nitrogens with zero attached hydrogens (tertiary/aromatic N) is 4. The minimum Gasteiger partial charge on any atom is -0.487 e. The highest BCUT2D eigenvalue weighted by Gasteiger charge is 2.09. The number of pyridine rings is 1. The number of anilines is 1. The fourth-order valence-corrected chi connectivity index (χ4v) is 3.47. The Bertz CT molecular complexity index is 1350. The highest BCUT2D eigenvalue weighted by molar-refractivity contribution is 6.04. The fourth-order valence-electron chi connectivity index (χ4n) is 3.47. The summed E-state index contributed by atoms with van der Waals surface area (Å²) in [5.74, 6) is 0.468. The lowest BCUT2D eigenvalue weighted by Crippen LogP contribution is -2.12. The maximum atomic E-state index is 12.7. The molecule has 32 heavy (non-hydrogen) atoms. The number of ether oxygens (including phenoxy) is 1. The third-order valence-corrected chi connectivity index (χ3v) is 5.10. The number of rotatable bonds is 6. The molecule has 3 heterocycles. The van der Waals surface area contributed by atoms with Crippen LogP contribution in [0.5, 0.6) is 5.75 Å². The number of carbonyl (C=O) groups excluding carboxylic acids is 1. The van der Waals surface area contributed by atoms with Crippen LogP contribution in [0.2, 0.25) is 0 Å². The van der Waals surface area contributed by atoms with Crippen molar-refractivity contribution < 1.29 is 9.53 Å². The zero-order valence-electron chi connectivity index (χ0n) is 17.5. The van der Waals surface area contributed by atoms with Crippen LogP contribution in [0.3, 0.4) is 0 Å². The average molecular weight is 423 g/mol. The van der Waals surface area contributed by atoms with E-state index >= 15 is 0 Å². The molecule has 0 radical (unpaired) electrons. The maximum Gasteiger partial charge on any atom is 0.255 e. The molecule has 0 saturated heterocycles. The molecule has 0 aliphatic rings. The Kier molecular flexibility index (Phi) is 5.13. The third kappa shape index (κ3) is 4.09. The highest BCUT2D eigenvalue weighted by atomic mass is 16.5. The first kappa shape index (κ1) is 19.6. The Labute approximate surface area is 184 Å². The minimum absolute atomic E-state index is 0.189. The zero-order valence-corrected chi connectivity index (χ0v) is 17.5. The lowest BCUT2D eigenvalue weighted by molar-refractivity contribution is 0.102. The Hall–Kier alpha value is -4.39. The number of aromatic nitrogens is 4. The van der Waals surface area contributed by atoms with E-state index in [0.29, 0.717) is 23.6 Å². The summed E-state index contributed by atoms with van der Waals surface area (Å²) in [6, 6.07) is 22.4. The highest BCUT2D eigenvalue weighted by Crippen LogP contribution is 2.20. The number of carbonyl (C=O) groups is 1. The predicted octanol–water partition coefficient (Wildman–Crippen LogP) is 4.66. The van der Waals surface area contributed by atoms with E-state index in [9.17, 15) is 4.79 Å². The van der Waals surface area contributed by atoms with Crippen molar-refractivity contribution in [3.8, 4) is 11.4 Å². The number of fused-ring (bicyclic) bond motifs is 1. The number of hydrogen-bond acceptors (Lipinski definition) is 4. The Morgan fingerprint density at radius 2 is 1.91 bits per heavy atom. The van der Waals surface area contributed by atoms with Gasteiger partial charge >= 0.3 is 0 Å². The van der Waals surface area contributed by atoms with Crippen LogP contribution in [-0.2, 0) is 6.61 Å². The van der Waals surface area contributed by atoms with Gasteiger partial charge in [-0.25, -0.2) is 9.67 Å². The van der Waals surface area contributed by atoms with Crippen molar-refractivity contribution in [3.05, 3.63) is 108 Å². The van der Waals surface area contributed by atoms with Crippen LogP contribution in [-0.4, -0.2) is 25.1 Å². The molecule has 2 aromatic carbocycles. The summed E-state index contributed by atoms with van der Waals surface area (Å²) in [7, 11) is 0. The Morgan fingerprint density at radius 1 is 1.03 bits per heavy atom. The maximum absolute atomic E-state index is 12.7. The van der Waals surface area contributed by atoms with E-state index in [1.54, 1.807) is 24.4 Å². The first-order valence-electron chi connectivity index (χ1n) is 10.2. The monoisotopic (exact) mass is 423 g/mol. The number of amides is 1. The van der Waals surface area contributed by atoms with E-state index < -0.39 is 0 Å². The van der Waals surface area contributed by atoms with Crippen LogP contribution in [0.4, 0.5) is 5.69 Å². The molecule has 7 heteroatoms. The van der Waals surface area contributed by atoms with E-state index in [0.717, 1.165) is 22.7 Å². The van der Waals surface area contributed by atoms with Crippen LogP contribution < -0.4 is 10.1 Å². The van der Waals surface area contributed by atoms with E-state index in [1.807, 2.05) is 83.0 Å². The van der Waals surface area contributed by atoms with Gasteiger partial charge in [0.15, 0.2) is 0 Å². The van der Waals surface area contributed by atoms with E-state index in [2.05, 4.69) is 15.4 Å². The van der Waals surface area contributed by atoms with Crippen molar-refractivity contribution in [2.75, 3.05) is 5.32 Å². The van der Waals surface area contributed by atoms with E-state index in [1.165, 1.54) is 0 Å². The van der Waals surface area contributed by atoms with Crippen molar-refractivity contribution in [2.45, 2.75) is 13.5 Å². The van der Waals surface area contributed by atoms with Gasteiger partial charge < -0.3 is 14.5 Å². The molecule has 7 nitrogen and oxygen atoms in total. The van der Waals surface area contributed by atoms with Crippen LogP contribution in [0.15, 0.2) is 91.4 Å². The summed E-state index contributed by atoms with van der Waals surface area (Å²) in [5.41, 5.74) is 4.87. The van der Waals surface area contributed by atoms with Gasteiger partial charge in [0.2, 0.25) is 0 Å². The van der Waals surface area contributed by atoms with Gasteiger partial charge in [-0.05, 0) is 61.5 Å². The smallest absolute Gasteiger partial charge is 0.255 e. The van der Waals surface area contributed by atoms with Crippen molar-refractivity contribution in [1.29, 1.82) is 0 Å². The second kappa shape index (κ2) is 8.39. The summed E-state index contributed by atoms with van der Waals surface area (Å²) < 4.78 is 9.66. The summed E-state index contributed by atoms with van der Waals surface area (Å²) in [4.78, 5) is 17.2. The molecule has 5 rings (SSSR count). The summed E-state index contributed by atoms with van der Waals surface area (Å²) in [6.45, 7) is 2.32. The molecule has 5 aromatic rings. The fraction of sp³-hybridized carbons (Fsp3) is 0.0800. The molecule has 0 atom stereocenters. The van der Waals surface area contributed by atoms with Crippen LogP contribution >= 0.6 is 0 Å². The van der Waals surface area contributed by atoms with Crippen molar-refractivity contribution in [1.82, 2.24) is 19.2 Å². The van der Waals surface area contributed by atoms with Gasteiger partial charge in [0.1, 0.15) is 18.0 Å². The zero-order chi connectivity index (χ0) is 21.9. The van der Waals surface area contributed by atoms with E-state index in [-0.39, 0.29) is 5.91 Å². The largest absolute Gasteiger partial charge is 0.487 e. The van der Waals surface area contributed by atoms with Crippen molar-refractivity contribution in [3.63, 3.8) is 0 Å². The number of aryl methyl sites for hydroxylation is 1. The van der Waals surface area contributed by atoms with Gasteiger partial charge in [-0.3, -0.25) is 4.79 Å². The topological polar surface area (TPSA) is 73.5 Å². The molecule has 0 spiro atoms. The lowest BCUT2D eigenvalue weighted by atomic mass is 10.2. The van der Waals surface area contributed by atoms with Gasteiger partial charge in [0, 0.05) is 41.6 Å². The summed E-state index contributed by atoms with van der Waals surface area (Å²) >= 11 is 0. The van der Waals surface area contributed by atoms with Gasteiger partial charge in [-0.15, -0.1) is 0 Å². The first-order chi connectivity index (χ1) is 15.7. The molecule has 0 aliphatic heterocycles. The van der Waals surface area contributed by atoms with Gasteiger partial charge in [0.05, 0.1) is 11.4 Å². The normalized spacial score (nSPS) is 10.9. The first-order valence-corrected chi connectivity index (χ1v) is 10.2. The third-order valence-electron chi connectivity index (χ3n) is 5.10. The Morgan fingerprint density at radius 3 is 2.69 bits per heavy atom. The molecular weight excluding hydrogens is 402 g/mol. The summed E-state index contributed by atoms with van der Waals surface area (Å²) in [5, 5.41) is 7.21. The van der Waals surface area contributed by atoms with Gasteiger partial charge in [0.25, 0.3) is 5.91 Å². The molecule has 1 N–H and O–H groups in total. The second-order valence-corrected chi connectivity index (χ2v) is 7.40. The average Bonchev–Trinajstić information content (AvgIpc) is 3.43. The molecule has 0 bridgehead atoms. The molecule has 1 amide bonds. The standard InChI is InChI=1S/C25H21N5O2/c1-18-12-13-26-30(18)22-10-8-19(9-11-22)25(31)28-20-5-4-6-23(15-20)32-17-21-16-29-14-3-2-7-24(29)27-21/h2-16H,17H2,1H3,(H,28,31). The van der Waals surface area contributed by atoms with E-state index in [4.69, 9.17) is 4.74 Å². The van der Waals surface area contributed by atoms with Gasteiger partial charge in [-0.2, -0.15) is 5.10 Å². The van der Waals surface area contributed by atoms with Crippen LogP contribution in [0, 0.1) is 6.92 Å². The van der Waals surface area contributed by atoms with Gasteiger partial charge in [-0.1, -0.05) is 12.1 Å². The number of nitrogens with one attached hydrogen (secondary N) is 1. The molecule has 0 aliphatic carbocycles. The van der Waals surface area contributed by atoms with Crippen molar-refractivity contribution >= 4 is 17.2 Å². The number of imidazole rings is 1. The van der Waals surface area contributed by atoms with Crippen molar-refractivity contribution in [2.24, 2.45) is 0 Å². The molecule has 0 unspecified atom stereocenters. The van der Waals surface area contributed by atoms with Crippen LogP contribution in [0.25, 0.3) is 11.3 Å². The second-order valence-electron chi connectivity index (χ2n) is 7.40. The molecule has 3 aromatic heterocycles. The minimum atomic E-state index is -0.189. The molecule has 0 fully saturated rings. The van der Waals surface area contributed by atoms with Crippen LogP contribution in [0.1, 0.15) is 21.7 Å². The molecular formula is C25H21N5O2. The summed E-state index contributed by atoms with van der Waals surface area (Å²) in [6.07, 6.45) is 5.64.